The van der Waals surface area contributed by atoms with Crippen LogP contribution in [0.3, 0.4) is 0 Å². The van der Waals surface area contributed by atoms with E-state index in [4.69, 9.17) is 4.42 Å². The van der Waals surface area contributed by atoms with E-state index in [9.17, 15) is 0 Å². The first kappa shape index (κ1) is 13.1. The number of carbonyl (C=O) groups excluding carboxylic acids is 1. The van der Waals surface area contributed by atoms with Crippen molar-refractivity contribution in [3.05, 3.63) is 71.8 Å². The Morgan fingerprint density at radius 3 is 2.37 bits per heavy atom. The molecule has 0 saturated heterocycles. The lowest BCUT2D eigenvalue weighted by Crippen LogP contribution is -1.99. The molecule has 0 spiro atoms. The maximum Gasteiger partial charge on any atom is 0.229 e. The third kappa shape index (κ3) is 3.81. The molecule has 0 bridgehead atoms. The van der Waals surface area contributed by atoms with E-state index < -0.39 is 0 Å². The van der Waals surface area contributed by atoms with E-state index in [1.54, 1.807) is 13.2 Å². The van der Waals surface area contributed by atoms with Crippen molar-refractivity contribution >= 4 is 17.7 Å². The van der Waals surface area contributed by atoms with Gasteiger partial charge in [0, 0.05) is 5.69 Å². The zero-order chi connectivity index (χ0) is 13.5. The summed E-state index contributed by atoms with van der Waals surface area (Å²) in [5, 5.41) is 3.37. The molecule has 19 heavy (non-hydrogen) atoms. The highest BCUT2D eigenvalue weighted by Gasteiger charge is 1.95. The molecule has 0 aliphatic rings. The van der Waals surface area contributed by atoms with Crippen LogP contribution in [0.15, 0.2) is 60.7 Å². The molecule has 0 atom stereocenters. The summed E-state index contributed by atoms with van der Waals surface area (Å²) in [6.45, 7) is 2.07. The van der Waals surface area contributed by atoms with Gasteiger partial charge in [-0.25, -0.2) is 0 Å². The lowest BCUT2D eigenvalue weighted by molar-refractivity contribution is 0.186. The molecule has 0 aliphatic heterocycles. The van der Waals surface area contributed by atoms with Gasteiger partial charge in [0.2, 0.25) is 13.4 Å². The van der Waals surface area contributed by atoms with Gasteiger partial charge in [-0.1, -0.05) is 59.3 Å². The summed E-state index contributed by atoms with van der Waals surface area (Å²) in [6.07, 6.45) is 4.56. The van der Waals surface area contributed by atoms with Gasteiger partial charge < -0.3 is 9.74 Å². The molecule has 0 radical (unpaired) electrons. The molecule has 0 aliphatic carbocycles. The number of allylic oxidation sites excluding steroid dienone is 1. The van der Waals surface area contributed by atoms with Crippen molar-refractivity contribution in [3.63, 3.8) is 0 Å². The van der Waals surface area contributed by atoms with Crippen LogP contribution in [-0.4, -0.2) is 13.4 Å². The van der Waals surface area contributed by atoms with E-state index in [2.05, 4.69) is 42.8 Å². The molecule has 2 rings (SSSR count). The third-order valence-electron chi connectivity index (χ3n) is 2.74. The molecule has 0 heterocycles. The Morgan fingerprint density at radius 1 is 1.05 bits per heavy atom. The van der Waals surface area contributed by atoms with Crippen LogP contribution < -0.4 is 5.32 Å². The number of nitrogens with one attached hydrogen (secondary N) is 1. The zero-order valence-corrected chi connectivity index (χ0v) is 11.2. The van der Waals surface area contributed by atoms with E-state index in [0.717, 1.165) is 16.9 Å². The van der Waals surface area contributed by atoms with Crippen molar-refractivity contribution in [2.45, 2.75) is 6.92 Å². The first-order valence-corrected chi connectivity index (χ1v) is 6.17. The van der Waals surface area contributed by atoms with Gasteiger partial charge in [0.05, 0.1) is 0 Å². The smallest absolute Gasteiger partial charge is 0.229 e. The van der Waals surface area contributed by atoms with Crippen LogP contribution in [0.4, 0.5) is 5.69 Å². The fourth-order valence-electron chi connectivity index (χ4n) is 1.72. The molecule has 0 saturated carbocycles. The second-order valence-electron chi connectivity index (χ2n) is 4.24. The maximum atomic E-state index is 4.89. The normalized spacial score (nSPS) is 11.8. The second kappa shape index (κ2) is 6.55. The molecule has 0 amide bonds. The molecule has 2 aromatic carbocycles. The van der Waals surface area contributed by atoms with Crippen molar-refractivity contribution in [1.29, 1.82) is 0 Å². The van der Waals surface area contributed by atoms with Crippen molar-refractivity contribution in [2.75, 3.05) is 12.4 Å². The van der Waals surface area contributed by atoms with Gasteiger partial charge in [-0.3, -0.25) is 0 Å². The molecule has 2 aromatic rings. The Kier molecular flexibility index (Phi) is 4.51. The summed E-state index contributed by atoms with van der Waals surface area (Å²) in [4.78, 5) is 0. The summed E-state index contributed by atoms with van der Waals surface area (Å²) in [6, 6.07) is 18.4. The maximum absolute atomic E-state index is 4.89. The van der Waals surface area contributed by atoms with E-state index in [0.29, 0.717) is 0 Å². The first-order chi connectivity index (χ1) is 9.29. The summed E-state index contributed by atoms with van der Waals surface area (Å²) in [5.74, 6) is 0. The zero-order valence-electron chi connectivity index (χ0n) is 11.2. The molecule has 1 N–H and O–H groups in total. The van der Waals surface area contributed by atoms with Crippen molar-refractivity contribution in [2.24, 2.45) is 0 Å². The average molecular weight is 251 g/mol. The standard InChI is InChI=1S/C17H17NO/c1-14-8-10-15(11-9-14)17(12-13-19-2)18-16-6-4-3-5-7-16/h3-12,18H,1-2H3/b17-12-. The molecule has 0 unspecified atom stereocenters. The Bertz CT molecular complexity index is 568. The fraction of sp³-hybridized carbons (Fsp3) is 0.118. The summed E-state index contributed by atoms with van der Waals surface area (Å²) in [7, 11) is 1.59. The lowest BCUT2D eigenvalue weighted by atomic mass is 10.1. The highest BCUT2D eigenvalue weighted by atomic mass is 16.4. The van der Waals surface area contributed by atoms with E-state index >= 15 is 0 Å². The molecule has 0 aromatic heterocycles. The summed E-state index contributed by atoms with van der Waals surface area (Å²) >= 11 is 0. The van der Waals surface area contributed by atoms with Gasteiger partial charge in [0.1, 0.15) is 0 Å². The van der Waals surface area contributed by atoms with Crippen LogP contribution in [-0.2, 0) is 4.42 Å². The predicted molar refractivity (Wildman–Crippen MR) is 80.8 cm³/mol. The van der Waals surface area contributed by atoms with Crippen LogP contribution >= 0.6 is 0 Å². The van der Waals surface area contributed by atoms with Gasteiger partial charge in [-0.2, -0.15) is 0 Å². The minimum absolute atomic E-state index is 0.952. The first-order valence-electron chi connectivity index (χ1n) is 6.17. The molecule has 2 heteroatoms. The lowest BCUT2D eigenvalue weighted by Gasteiger charge is -2.18. The fourth-order valence-corrected chi connectivity index (χ4v) is 1.72. The molecular formula is C17H17NO. The Morgan fingerprint density at radius 2 is 1.74 bits per heavy atom. The van der Waals surface area contributed by atoms with Crippen molar-refractivity contribution in [3.8, 4) is 0 Å². The van der Waals surface area contributed by atoms with Crippen LogP contribution in [0, 0.1) is 6.92 Å². The van der Waals surface area contributed by atoms with Crippen molar-refractivity contribution < 1.29 is 4.42 Å². The summed E-state index contributed by atoms with van der Waals surface area (Å²) in [5.41, 5.74) is 4.32. The van der Waals surface area contributed by atoms with Gasteiger partial charge in [0.15, 0.2) is 0 Å². The minimum atomic E-state index is 0.952. The highest BCUT2D eigenvalue weighted by molar-refractivity contribution is 5.87. The minimum Gasteiger partial charge on any atom is -0.433 e. The van der Waals surface area contributed by atoms with Crippen LogP contribution in [0.5, 0.6) is 0 Å². The number of para-hydroxylation sites is 1. The largest absolute Gasteiger partial charge is 0.433 e. The number of rotatable bonds is 4. The number of benzene rings is 2. The van der Waals surface area contributed by atoms with Gasteiger partial charge in [0.25, 0.3) is 0 Å². The van der Waals surface area contributed by atoms with E-state index in [1.807, 2.05) is 30.3 Å². The Balaban J connectivity index is 2.29. The second-order valence-corrected chi connectivity index (χ2v) is 4.24. The van der Waals surface area contributed by atoms with Gasteiger partial charge >= 0.3 is 0 Å². The highest BCUT2D eigenvalue weighted by Crippen LogP contribution is 2.18. The number of aryl methyl sites for hydroxylation is 1. The van der Waals surface area contributed by atoms with Crippen molar-refractivity contribution in [1.82, 2.24) is 0 Å². The van der Waals surface area contributed by atoms with Crippen LogP contribution in [0.2, 0.25) is 0 Å². The Hall–Kier alpha value is -2.35. The topological polar surface area (TPSA) is 23.3 Å². The number of hydrogen-bond acceptors (Lipinski definition) is 1. The predicted octanol–water partition coefficient (Wildman–Crippen LogP) is 3.72. The van der Waals surface area contributed by atoms with Gasteiger partial charge in [-0.15, -0.1) is 6.08 Å². The quantitative estimate of drug-likeness (QED) is 0.499. The van der Waals surface area contributed by atoms with E-state index in [1.165, 1.54) is 5.56 Å². The summed E-state index contributed by atoms with van der Waals surface area (Å²) < 4.78 is 4.89. The van der Waals surface area contributed by atoms with Crippen LogP contribution in [0.25, 0.3) is 5.70 Å². The van der Waals surface area contributed by atoms with E-state index in [-0.39, 0.29) is 0 Å². The molecule has 0 fully saturated rings. The average Bonchev–Trinajstić information content (AvgIpc) is 2.45. The monoisotopic (exact) mass is 251 g/mol. The molecular weight excluding hydrogens is 234 g/mol. The van der Waals surface area contributed by atoms with Gasteiger partial charge in [-0.05, 0) is 19.1 Å². The Labute approximate surface area is 114 Å². The van der Waals surface area contributed by atoms with Crippen LogP contribution in [0.1, 0.15) is 11.1 Å². The third-order valence-corrected chi connectivity index (χ3v) is 2.74. The molecule has 96 valence electrons. The molecule has 2 nitrogen and oxygen atoms in total. The number of anilines is 1. The SMILES string of the molecule is C[O+]=[C-]/C=C(\Nc1ccccc1)c1ccc(C)cc1. The number of hydrogen-bond donors (Lipinski definition) is 1.